The fourth-order valence-corrected chi connectivity index (χ4v) is 3.13. The lowest BCUT2D eigenvalue weighted by atomic mass is 10.0. The summed E-state index contributed by atoms with van der Waals surface area (Å²) in [6, 6.07) is 12.6. The smallest absolute Gasteiger partial charge is 0.289 e. The fourth-order valence-electron chi connectivity index (χ4n) is 3.13. The molecule has 1 aromatic heterocycles. The molecule has 1 saturated heterocycles. The Morgan fingerprint density at radius 3 is 2.75 bits per heavy atom. The highest BCUT2D eigenvalue weighted by Gasteiger charge is 2.32. The van der Waals surface area contributed by atoms with Gasteiger partial charge in [-0.2, -0.15) is 0 Å². The van der Waals surface area contributed by atoms with Gasteiger partial charge in [-0.3, -0.25) is 9.59 Å². The van der Waals surface area contributed by atoms with Crippen molar-refractivity contribution in [1.29, 1.82) is 0 Å². The Morgan fingerprint density at radius 2 is 2.00 bits per heavy atom. The molecule has 0 saturated carbocycles. The molecule has 1 aliphatic heterocycles. The lowest BCUT2D eigenvalue weighted by Gasteiger charge is -2.23. The fraction of sp³-hybridized carbons (Fsp3) is 0.368. The van der Waals surface area contributed by atoms with Crippen molar-refractivity contribution >= 4 is 11.7 Å². The first kappa shape index (κ1) is 16.5. The van der Waals surface area contributed by atoms with E-state index in [0.717, 1.165) is 12.8 Å². The molecule has 126 valence electrons. The van der Waals surface area contributed by atoms with Crippen molar-refractivity contribution in [2.24, 2.45) is 0 Å². The van der Waals surface area contributed by atoms with Gasteiger partial charge in [0.05, 0.1) is 0 Å². The van der Waals surface area contributed by atoms with Gasteiger partial charge < -0.3 is 14.1 Å². The van der Waals surface area contributed by atoms with Crippen molar-refractivity contribution in [2.45, 2.75) is 31.9 Å². The maximum atomic E-state index is 12.7. The lowest BCUT2D eigenvalue weighted by Crippen LogP contribution is -2.36. The SMILES string of the molecule is COCc1ccc(C(=O)N2CCC[C@@H]2CC(=O)c2ccccc2)o1. The van der Waals surface area contributed by atoms with Crippen LogP contribution in [0.3, 0.4) is 0 Å². The summed E-state index contributed by atoms with van der Waals surface area (Å²) in [7, 11) is 1.58. The first-order chi connectivity index (χ1) is 11.7. The molecular formula is C19H21NO4. The van der Waals surface area contributed by atoms with E-state index in [4.69, 9.17) is 9.15 Å². The largest absolute Gasteiger partial charge is 0.453 e. The van der Waals surface area contributed by atoms with Crippen molar-refractivity contribution in [1.82, 2.24) is 4.90 Å². The second kappa shape index (κ2) is 7.45. The average molecular weight is 327 g/mol. The molecule has 0 aliphatic carbocycles. The number of nitrogens with zero attached hydrogens (tertiary/aromatic N) is 1. The lowest BCUT2D eigenvalue weighted by molar-refractivity contribution is 0.0680. The van der Waals surface area contributed by atoms with E-state index in [-0.39, 0.29) is 17.7 Å². The van der Waals surface area contributed by atoms with Crippen molar-refractivity contribution in [3.8, 4) is 0 Å². The van der Waals surface area contributed by atoms with Gasteiger partial charge in [0.15, 0.2) is 11.5 Å². The number of carbonyl (C=O) groups is 2. The standard InChI is InChI=1S/C19H21NO4/c1-23-13-16-9-10-18(24-16)19(22)20-11-5-8-15(20)12-17(21)14-6-3-2-4-7-14/h2-4,6-7,9-10,15H,5,8,11-13H2,1H3/t15-/m1/s1. The van der Waals surface area contributed by atoms with E-state index in [1.54, 1.807) is 24.1 Å². The third kappa shape index (κ3) is 3.57. The number of ether oxygens (including phenoxy) is 1. The van der Waals surface area contributed by atoms with E-state index in [1.807, 2.05) is 30.3 Å². The summed E-state index contributed by atoms with van der Waals surface area (Å²) in [5, 5.41) is 0. The molecule has 0 N–H and O–H groups in total. The van der Waals surface area contributed by atoms with Crippen LogP contribution in [0.15, 0.2) is 46.9 Å². The van der Waals surface area contributed by atoms with Gasteiger partial charge in [-0.05, 0) is 25.0 Å². The number of furan rings is 1. The Labute approximate surface area is 141 Å². The van der Waals surface area contributed by atoms with Crippen LogP contribution in [-0.2, 0) is 11.3 Å². The number of likely N-dealkylation sites (tertiary alicyclic amines) is 1. The van der Waals surface area contributed by atoms with Gasteiger partial charge in [0.25, 0.3) is 5.91 Å². The Kier molecular flexibility index (Phi) is 5.11. The number of hydrogen-bond donors (Lipinski definition) is 0. The molecule has 1 aromatic carbocycles. The predicted octanol–water partition coefficient (Wildman–Crippen LogP) is 3.30. The van der Waals surface area contributed by atoms with Crippen molar-refractivity contribution < 1.29 is 18.7 Å². The number of methoxy groups -OCH3 is 1. The van der Waals surface area contributed by atoms with Gasteiger partial charge in [-0.15, -0.1) is 0 Å². The monoisotopic (exact) mass is 327 g/mol. The van der Waals surface area contributed by atoms with E-state index < -0.39 is 0 Å². The molecule has 0 bridgehead atoms. The molecule has 0 radical (unpaired) electrons. The number of carbonyl (C=O) groups excluding carboxylic acids is 2. The molecule has 2 aromatic rings. The number of hydrogen-bond acceptors (Lipinski definition) is 4. The Bertz CT molecular complexity index is 707. The van der Waals surface area contributed by atoms with Gasteiger partial charge in [-0.25, -0.2) is 0 Å². The summed E-state index contributed by atoms with van der Waals surface area (Å²) in [5.74, 6) is 0.846. The summed E-state index contributed by atoms with van der Waals surface area (Å²) < 4.78 is 10.5. The van der Waals surface area contributed by atoms with Crippen LogP contribution < -0.4 is 0 Å². The van der Waals surface area contributed by atoms with Gasteiger partial charge in [0.2, 0.25) is 0 Å². The maximum absolute atomic E-state index is 12.7. The summed E-state index contributed by atoms with van der Waals surface area (Å²) in [6.07, 6.45) is 2.10. The van der Waals surface area contributed by atoms with Crippen LogP contribution in [0, 0.1) is 0 Å². The third-order valence-corrected chi connectivity index (χ3v) is 4.31. The Hall–Kier alpha value is -2.40. The number of amides is 1. The molecule has 24 heavy (non-hydrogen) atoms. The Morgan fingerprint density at radius 1 is 1.21 bits per heavy atom. The van der Waals surface area contributed by atoms with Crippen LogP contribution in [-0.4, -0.2) is 36.3 Å². The zero-order valence-corrected chi connectivity index (χ0v) is 13.7. The van der Waals surface area contributed by atoms with Crippen LogP contribution in [0.1, 0.15) is 45.9 Å². The molecule has 1 aliphatic rings. The van der Waals surface area contributed by atoms with Crippen molar-refractivity contribution in [3.63, 3.8) is 0 Å². The third-order valence-electron chi connectivity index (χ3n) is 4.31. The molecule has 1 fully saturated rings. The quantitative estimate of drug-likeness (QED) is 0.764. The summed E-state index contributed by atoms with van der Waals surface area (Å²) in [4.78, 5) is 26.8. The summed E-state index contributed by atoms with van der Waals surface area (Å²) >= 11 is 0. The molecule has 3 rings (SSSR count). The van der Waals surface area contributed by atoms with Crippen LogP contribution in [0.2, 0.25) is 0 Å². The van der Waals surface area contributed by atoms with Crippen LogP contribution in [0.4, 0.5) is 0 Å². The van der Waals surface area contributed by atoms with Crippen molar-refractivity contribution in [2.75, 3.05) is 13.7 Å². The number of ketones is 1. The van der Waals surface area contributed by atoms with E-state index in [0.29, 0.717) is 36.7 Å². The van der Waals surface area contributed by atoms with Gasteiger partial charge >= 0.3 is 0 Å². The molecule has 5 heteroatoms. The molecule has 5 nitrogen and oxygen atoms in total. The van der Waals surface area contributed by atoms with E-state index >= 15 is 0 Å². The molecule has 0 spiro atoms. The molecular weight excluding hydrogens is 306 g/mol. The highest BCUT2D eigenvalue weighted by atomic mass is 16.5. The summed E-state index contributed by atoms with van der Waals surface area (Å²) in [6.45, 7) is 0.995. The minimum atomic E-state index is -0.152. The van der Waals surface area contributed by atoms with E-state index in [1.165, 1.54) is 0 Å². The average Bonchev–Trinajstić information content (AvgIpc) is 3.25. The Balaban J connectivity index is 1.68. The van der Waals surface area contributed by atoms with Crippen LogP contribution in [0.25, 0.3) is 0 Å². The van der Waals surface area contributed by atoms with E-state index in [2.05, 4.69) is 0 Å². The topological polar surface area (TPSA) is 59.8 Å². The van der Waals surface area contributed by atoms with Gasteiger partial charge in [0.1, 0.15) is 12.4 Å². The highest BCUT2D eigenvalue weighted by Crippen LogP contribution is 2.25. The predicted molar refractivity (Wildman–Crippen MR) is 88.9 cm³/mol. The van der Waals surface area contributed by atoms with Gasteiger partial charge in [-0.1, -0.05) is 30.3 Å². The first-order valence-corrected chi connectivity index (χ1v) is 8.16. The second-order valence-electron chi connectivity index (χ2n) is 5.99. The molecule has 2 heterocycles. The first-order valence-electron chi connectivity index (χ1n) is 8.16. The minimum Gasteiger partial charge on any atom is -0.453 e. The van der Waals surface area contributed by atoms with Crippen LogP contribution in [0.5, 0.6) is 0 Å². The zero-order valence-electron chi connectivity index (χ0n) is 13.7. The molecule has 1 amide bonds. The second-order valence-corrected chi connectivity index (χ2v) is 5.99. The summed E-state index contributed by atoms with van der Waals surface area (Å²) in [5.41, 5.74) is 0.692. The van der Waals surface area contributed by atoms with Crippen molar-refractivity contribution in [3.05, 3.63) is 59.5 Å². The minimum absolute atomic E-state index is 0.0684. The highest BCUT2D eigenvalue weighted by molar-refractivity contribution is 5.97. The van der Waals surface area contributed by atoms with Gasteiger partial charge in [0, 0.05) is 31.7 Å². The zero-order chi connectivity index (χ0) is 16.9. The number of benzene rings is 1. The van der Waals surface area contributed by atoms with E-state index in [9.17, 15) is 9.59 Å². The van der Waals surface area contributed by atoms with Crippen LogP contribution >= 0.6 is 0 Å². The number of Topliss-reactive ketones (excluding diaryl/α,β-unsaturated/α-hetero) is 1. The maximum Gasteiger partial charge on any atom is 0.289 e. The number of rotatable bonds is 6. The molecule has 1 atom stereocenters. The molecule has 0 unspecified atom stereocenters. The normalized spacial score (nSPS) is 17.2.